The van der Waals surface area contributed by atoms with Gasteiger partial charge in [-0.3, -0.25) is 4.79 Å². The van der Waals surface area contributed by atoms with Gasteiger partial charge in [0, 0.05) is 10.6 Å². The summed E-state index contributed by atoms with van der Waals surface area (Å²) in [4.78, 5) is 12.5. The zero-order chi connectivity index (χ0) is 23.2. The molecule has 172 valence electrons. The maximum atomic E-state index is 12.5. The number of thioether (sulfide) groups is 1. The molecule has 3 aromatic rings. The Morgan fingerprint density at radius 2 is 2.00 bits per heavy atom. The molecule has 4 rings (SSSR count). The number of benzene rings is 2. The highest BCUT2D eigenvalue weighted by Crippen LogP contribution is 2.29. The Bertz CT molecular complexity index is 1140. The van der Waals surface area contributed by atoms with Gasteiger partial charge >= 0.3 is 5.16 Å². The maximum absolute atomic E-state index is 12.5. The van der Waals surface area contributed by atoms with E-state index in [4.69, 9.17) is 11.6 Å². The first-order valence-corrected chi connectivity index (χ1v) is 12.4. The minimum Gasteiger partial charge on any atom is -0.508 e. The number of hydrogen-bond donors (Lipinski definition) is 3. The van der Waals surface area contributed by atoms with Gasteiger partial charge in [0.15, 0.2) is 0 Å². The summed E-state index contributed by atoms with van der Waals surface area (Å²) in [6.07, 6.45) is 5.83. The van der Waals surface area contributed by atoms with Gasteiger partial charge in [-0.25, -0.2) is 9.99 Å². The number of nitrogens with zero attached hydrogens (tertiary/aromatic N) is 3. The van der Waals surface area contributed by atoms with Crippen molar-refractivity contribution in [2.24, 2.45) is 5.10 Å². The lowest BCUT2D eigenvalue weighted by Crippen LogP contribution is -2.43. The Labute approximate surface area is 202 Å². The van der Waals surface area contributed by atoms with Crippen LogP contribution in [0.5, 0.6) is 5.75 Å². The molecule has 0 atom stereocenters. The molecule has 7 nitrogen and oxygen atoms in total. The molecule has 0 bridgehead atoms. The van der Waals surface area contributed by atoms with E-state index in [0.717, 1.165) is 34.9 Å². The molecule has 0 saturated heterocycles. The summed E-state index contributed by atoms with van der Waals surface area (Å²) in [7, 11) is 0. The number of amides is 1. The fourth-order valence-electron chi connectivity index (χ4n) is 4.00. The molecule has 1 fully saturated rings. The van der Waals surface area contributed by atoms with Crippen LogP contribution >= 0.6 is 23.4 Å². The number of H-pyrrole nitrogens is 1. The molecular weight excluding hydrogens is 458 g/mol. The van der Waals surface area contributed by atoms with Gasteiger partial charge in [0.05, 0.1) is 28.2 Å². The second-order valence-corrected chi connectivity index (χ2v) is 9.47. The van der Waals surface area contributed by atoms with E-state index in [-0.39, 0.29) is 17.4 Å². The molecule has 0 unspecified atom stereocenters. The zero-order valence-corrected chi connectivity index (χ0v) is 20.0. The molecule has 0 spiro atoms. The topological polar surface area (TPSA) is 94.2 Å². The van der Waals surface area contributed by atoms with E-state index in [2.05, 4.69) is 25.3 Å². The lowest BCUT2D eigenvalue weighted by atomic mass is 9.95. The molecule has 1 heterocycles. The molecule has 1 aromatic heterocycles. The molecule has 3 N–H and O–H groups in total. The average molecular weight is 485 g/mol. The Kier molecular flexibility index (Phi) is 7.67. The molecule has 2 aromatic carbocycles. The molecule has 0 aliphatic heterocycles. The van der Waals surface area contributed by atoms with Crippen LogP contribution in [0.15, 0.2) is 58.8 Å². The van der Waals surface area contributed by atoms with Crippen LogP contribution < -0.4 is 9.99 Å². The fraction of sp³-hybridized carbons (Fsp3) is 0.333. The number of nitrogens with one attached hydrogen (secondary N) is 2. The van der Waals surface area contributed by atoms with Crippen molar-refractivity contribution < 1.29 is 14.5 Å². The van der Waals surface area contributed by atoms with E-state index < -0.39 is 0 Å². The molecule has 33 heavy (non-hydrogen) atoms. The third-order valence-corrected chi connectivity index (χ3v) is 6.91. The van der Waals surface area contributed by atoms with Crippen molar-refractivity contribution in [3.63, 3.8) is 0 Å². The second kappa shape index (κ2) is 10.9. The van der Waals surface area contributed by atoms with Crippen LogP contribution in [0.1, 0.15) is 50.6 Å². The summed E-state index contributed by atoms with van der Waals surface area (Å²) in [5, 5.41) is 23.0. The van der Waals surface area contributed by atoms with Gasteiger partial charge in [-0.2, -0.15) is 5.10 Å². The highest BCUT2D eigenvalue weighted by atomic mass is 35.5. The third kappa shape index (κ3) is 5.94. The van der Waals surface area contributed by atoms with Crippen molar-refractivity contribution in [1.82, 2.24) is 15.6 Å². The largest absolute Gasteiger partial charge is 0.508 e. The van der Waals surface area contributed by atoms with Crippen molar-refractivity contribution in [3.8, 4) is 17.1 Å². The highest BCUT2D eigenvalue weighted by Gasteiger charge is 2.30. The van der Waals surface area contributed by atoms with Gasteiger partial charge in [0.25, 0.3) is 11.7 Å². The number of hydrazone groups is 1. The van der Waals surface area contributed by atoms with E-state index in [9.17, 15) is 9.90 Å². The number of aromatic hydroxyl groups is 1. The minimum absolute atomic E-state index is 0.159. The standard InChI is InChI=1S/C24H26ClN5O2S/c1-16(18-6-5-9-21(31)14-18)26-27-22(32)15-33-24-29-28-23(17-10-12-19(25)13-11-17)30(24)20-7-3-2-4-8-20/h5-6,9-14,20H,2-4,7-8,15H2,1H3,(H2,27,31,32)/p+1/b26-16-. The predicted molar refractivity (Wildman–Crippen MR) is 131 cm³/mol. The van der Waals surface area contributed by atoms with Crippen molar-refractivity contribution in [2.45, 2.75) is 50.2 Å². The van der Waals surface area contributed by atoms with Crippen molar-refractivity contribution in [1.29, 1.82) is 0 Å². The first-order valence-electron chi connectivity index (χ1n) is 11.0. The molecular formula is C24H27ClN5O2S+. The summed E-state index contributed by atoms with van der Waals surface area (Å²) in [6.45, 7) is 1.78. The van der Waals surface area contributed by atoms with E-state index in [1.54, 1.807) is 25.1 Å². The average Bonchev–Trinajstić information content (AvgIpc) is 3.26. The lowest BCUT2D eigenvalue weighted by molar-refractivity contribution is -0.749. The number of aromatic nitrogens is 3. The van der Waals surface area contributed by atoms with Crippen molar-refractivity contribution in [2.75, 3.05) is 5.75 Å². The minimum atomic E-state index is -0.217. The smallest absolute Gasteiger partial charge is 0.337 e. The Hall–Kier alpha value is -2.84. The van der Waals surface area contributed by atoms with Crippen LogP contribution in [0, 0.1) is 0 Å². The molecule has 1 aliphatic carbocycles. The number of phenols is 1. The van der Waals surface area contributed by atoms with Crippen LogP contribution in [0.2, 0.25) is 5.02 Å². The summed E-state index contributed by atoms with van der Waals surface area (Å²) in [5.74, 6) is 1.06. The van der Waals surface area contributed by atoms with Crippen LogP contribution in [-0.4, -0.2) is 32.7 Å². The third-order valence-electron chi connectivity index (χ3n) is 5.71. The Morgan fingerprint density at radius 3 is 2.73 bits per heavy atom. The number of halogens is 1. The number of rotatable bonds is 7. The second-order valence-electron chi connectivity index (χ2n) is 8.09. The van der Waals surface area contributed by atoms with Gasteiger partial charge in [-0.05, 0) is 80.8 Å². The predicted octanol–water partition coefficient (Wildman–Crippen LogP) is 4.86. The quantitative estimate of drug-likeness (QED) is 0.193. The van der Waals surface area contributed by atoms with Crippen LogP contribution in [0.4, 0.5) is 0 Å². The number of carbonyl (C=O) groups excluding carboxylic acids is 1. The van der Waals surface area contributed by atoms with Crippen LogP contribution in [-0.2, 0) is 4.79 Å². The first kappa shape index (κ1) is 23.3. The summed E-state index contributed by atoms with van der Waals surface area (Å²) < 4.78 is 2.24. The van der Waals surface area contributed by atoms with E-state index in [1.807, 2.05) is 30.3 Å². The molecule has 0 radical (unpaired) electrons. The summed E-state index contributed by atoms with van der Waals surface area (Å²) in [5.41, 5.74) is 4.98. The van der Waals surface area contributed by atoms with E-state index >= 15 is 0 Å². The van der Waals surface area contributed by atoms with Crippen LogP contribution in [0.25, 0.3) is 11.4 Å². The first-order chi connectivity index (χ1) is 16.0. The van der Waals surface area contributed by atoms with E-state index in [1.165, 1.54) is 31.0 Å². The number of hydrogen-bond acceptors (Lipinski definition) is 5. The van der Waals surface area contributed by atoms with Gasteiger partial charge in [0.1, 0.15) is 5.75 Å². The molecule has 9 heteroatoms. The fourth-order valence-corrected chi connectivity index (χ4v) is 4.94. The normalized spacial score (nSPS) is 14.9. The van der Waals surface area contributed by atoms with E-state index in [0.29, 0.717) is 16.8 Å². The summed E-state index contributed by atoms with van der Waals surface area (Å²) >= 11 is 7.46. The van der Waals surface area contributed by atoms with Gasteiger partial charge in [-0.15, -0.1) is 5.10 Å². The van der Waals surface area contributed by atoms with Crippen LogP contribution in [0.3, 0.4) is 0 Å². The van der Waals surface area contributed by atoms with Crippen molar-refractivity contribution in [3.05, 3.63) is 59.1 Å². The lowest BCUT2D eigenvalue weighted by Gasteiger charge is -2.21. The maximum Gasteiger partial charge on any atom is 0.337 e. The Balaban J connectivity index is 1.47. The molecule has 1 saturated carbocycles. The highest BCUT2D eigenvalue weighted by molar-refractivity contribution is 7.99. The van der Waals surface area contributed by atoms with Crippen molar-refractivity contribution >= 4 is 35.0 Å². The summed E-state index contributed by atoms with van der Waals surface area (Å²) in [6, 6.07) is 14.8. The number of carbonyl (C=O) groups is 1. The Morgan fingerprint density at radius 1 is 1.24 bits per heavy atom. The SMILES string of the molecule is C/C(=N/NC(=O)CSc1n[nH]c(-c2ccc(Cl)cc2)[n+]1C1CCCCC1)c1cccc(O)c1. The van der Waals surface area contributed by atoms with Gasteiger partial charge < -0.3 is 5.11 Å². The van der Waals surface area contributed by atoms with Gasteiger partial charge in [-0.1, -0.05) is 30.2 Å². The number of aromatic amines is 1. The molecule has 1 aliphatic rings. The zero-order valence-electron chi connectivity index (χ0n) is 18.4. The number of phenolic OH excluding ortho intramolecular Hbond substituents is 1. The molecule has 1 amide bonds. The monoisotopic (exact) mass is 484 g/mol. The van der Waals surface area contributed by atoms with Gasteiger partial charge in [0.2, 0.25) is 0 Å².